The van der Waals surface area contributed by atoms with Crippen LogP contribution in [0.3, 0.4) is 0 Å². The molecule has 0 aromatic heterocycles. The van der Waals surface area contributed by atoms with Crippen LogP contribution >= 0.6 is 0 Å². The van der Waals surface area contributed by atoms with Crippen LogP contribution in [0.25, 0.3) is 0 Å². The van der Waals surface area contributed by atoms with Gasteiger partial charge in [0.05, 0.1) is 18.8 Å². The van der Waals surface area contributed by atoms with Crippen LogP contribution in [0.2, 0.25) is 0 Å². The van der Waals surface area contributed by atoms with E-state index >= 15 is 0 Å². The summed E-state index contributed by atoms with van der Waals surface area (Å²) in [5.74, 6) is -0.0879. The number of allylic oxidation sites excluding steroid dienone is 9. The van der Waals surface area contributed by atoms with Crippen molar-refractivity contribution in [3.8, 4) is 0 Å². The molecule has 0 aliphatic rings. The molecule has 1 amide bonds. The first-order chi connectivity index (χ1) is 24.7. The summed E-state index contributed by atoms with van der Waals surface area (Å²) in [7, 11) is 0. The van der Waals surface area contributed by atoms with Crippen molar-refractivity contribution in [2.45, 2.75) is 219 Å². The van der Waals surface area contributed by atoms with E-state index in [1.807, 2.05) is 6.08 Å². The topological polar surface area (TPSA) is 69.6 Å². The summed E-state index contributed by atoms with van der Waals surface area (Å²) in [6.45, 7) is 4.27. The highest BCUT2D eigenvalue weighted by Crippen LogP contribution is 2.13. The molecule has 4 heteroatoms. The minimum absolute atomic E-state index is 0.0879. The molecule has 0 radical (unpaired) electrons. The molecule has 0 aliphatic heterocycles. The van der Waals surface area contributed by atoms with Crippen molar-refractivity contribution in [1.29, 1.82) is 0 Å². The lowest BCUT2D eigenvalue weighted by atomic mass is 10.1. The van der Waals surface area contributed by atoms with Crippen LogP contribution in [-0.2, 0) is 4.79 Å². The zero-order chi connectivity index (χ0) is 36.4. The van der Waals surface area contributed by atoms with E-state index in [0.717, 1.165) is 51.4 Å². The second-order valence-electron chi connectivity index (χ2n) is 14.4. The summed E-state index contributed by atoms with van der Waals surface area (Å²) in [6, 6.07) is -0.651. The van der Waals surface area contributed by atoms with Gasteiger partial charge in [-0.1, -0.05) is 184 Å². The van der Waals surface area contributed by atoms with Gasteiger partial charge in [-0.25, -0.2) is 0 Å². The number of carbonyl (C=O) groups excluding carboxylic acids is 1. The fourth-order valence-electron chi connectivity index (χ4n) is 6.12. The van der Waals surface area contributed by atoms with Crippen LogP contribution in [0.5, 0.6) is 0 Å². The molecule has 0 aromatic carbocycles. The number of nitrogens with one attached hydrogen (secondary N) is 1. The molecule has 0 saturated heterocycles. The second kappa shape index (κ2) is 41.5. The first-order valence-electron chi connectivity index (χ1n) is 21.5. The Morgan fingerprint density at radius 2 is 0.840 bits per heavy atom. The van der Waals surface area contributed by atoms with Gasteiger partial charge in [0.2, 0.25) is 5.91 Å². The van der Waals surface area contributed by atoms with E-state index in [2.05, 4.69) is 67.8 Å². The maximum Gasteiger partial charge on any atom is 0.220 e. The predicted octanol–water partition coefficient (Wildman–Crippen LogP) is 13.3. The van der Waals surface area contributed by atoms with Gasteiger partial charge in [-0.15, -0.1) is 0 Å². The van der Waals surface area contributed by atoms with Crippen molar-refractivity contribution >= 4 is 5.91 Å². The molecule has 0 saturated carbocycles. The lowest BCUT2D eigenvalue weighted by molar-refractivity contribution is -0.123. The standard InChI is InChI=1S/C46H83NO3/c1-3-5-7-9-11-13-15-17-19-21-23-24-25-27-29-31-33-35-37-39-41-45(49)44(43-48)47-46(50)42-40-38-36-34-32-30-28-26-22-20-18-16-14-12-10-8-6-4-2/h14,16,20,22,24-25,31,33,39,41,44-45,48-49H,3-13,15,17-19,21,23,26-30,32,34-38,40,42-43H2,1-2H3,(H,47,50)/b16-14-,22-20-,25-24+,33-31+,41-39+. The Kier molecular flexibility index (Phi) is 39.9. The Bertz CT molecular complexity index is 842. The van der Waals surface area contributed by atoms with E-state index in [9.17, 15) is 15.0 Å². The van der Waals surface area contributed by atoms with E-state index in [1.54, 1.807) is 6.08 Å². The summed E-state index contributed by atoms with van der Waals surface area (Å²) >= 11 is 0. The third-order valence-corrected chi connectivity index (χ3v) is 9.45. The van der Waals surface area contributed by atoms with E-state index in [-0.39, 0.29) is 12.5 Å². The summed E-state index contributed by atoms with van der Waals surface area (Å²) < 4.78 is 0. The quantitative estimate of drug-likeness (QED) is 0.0444. The van der Waals surface area contributed by atoms with Crippen LogP contribution in [0.15, 0.2) is 60.8 Å². The molecule has 3 N–H and O–H groups in total. The van der Waals surface area contributed by atoms with Gasteiger partial charge in [0, 0.05) is 6.42 Å². The van der Waals surface area contributed by atoms with Gasteiger partial charge in [0.15, 0.2) is 0 Å². The highest BCUT2D eigenvalue weighted by molar-refractivity contribution is 5.76. The molecule has 0 heterocycles. The Morgan fingerprint density at radius 1 is 0.480 bits per heavy atom. The number of aliphatic hydroxyl groups is 2. The van der Waals surface area contributed by atoms with Gasteiger partial charge in [0.1, 0.15) is 0 Å². The van der Waals surface area contributed by atoms with Gasteiger partial charge in [-0.3, -0.25) is 4.79 Å². The predicted molar refractivity (Wildman–Crippen MR) is 221 cm³/mol. The average Bonchev–Trinajstić information content (AvgIpc) is 3.12. The summed E-state index contributed by atoms with van der Waals surface area (Å²) in [5, 5.41) is 23.0. The van der Waals surface area contributed by atoms with E-state index in [0.29, 0.717) is 6.42 Å². The van der Waals surface area contributed by atoms with Crippen molar-refractivity contribution < 1.29 is 15.0 Å². The molecule has 4 nitrogen and oxygen atoms in total. The summed E-state index contributed by atoms with van der Waals surface area (Å²) in [5.41, 5.74) is 0. The number of amides is 1. The molecule has 0 rings (SSSR count). The molecule has 0 aliphatic carbocycles. The first-order valence-corrected chi connectivity index (χ1v) is 21.5. The lowest BCUT2D eigenvalue weighted by Gasteiger charge is -2.19. The number of unbranched alkanes of at least 4 members (excludes halogenated alkanes) is 23. The molecule has 0 bridgehead atoms. The minimum atomic E-state index is -0.875. The minimum Gasteiger partial charge on any atom is -0.394 e. The largest absolute Gasteiger partial charge is 0.394 e. The highest BCUT2D eigenvalue weighted by atomic mass is 16.3. The molecule has 2 atom stereocenters. The maximum atomic E-state index is 12.4. The van der Waals surface area contributed by atoms with E-state index in [4.69, 9.17) is 0 Å². The number of hydrogen-bond donors (Lipinski definition) is 3. The van der Waals surface area contributed by atoms with Crippen LogP contribution in [-0.4, -0.2) is 34.9 Å². The fourth-order valence-corrected chi connectivity index (χ4v) is 6.12. The Labute approximate surface area is 311 Å². The van der Waals surface area contributed by atoms with Gasteiger partial charge in [-0.05, 0) is 77.0 Å². The first kappa shape index (κ1) is 48.1. The number of carbonyl (C=O) groups is 1. The lowest BCUT2D eigenvalue weighted by Crippen LogP contribution is -2.45. The van der Waals surface area contributed by atoms with Crippen molar-refractivity contribution in [2.24, 2.45) is 0 Å². The Balaban J connectivity index is 3.69. The number of aliphatic hydroxyl groups excluding tert-OH is 2. The molecule has 50 heavy (non-hydrogen) atoms. The van der Waals surface area contributed by atoms with Crippen LogP contribution in [0.1, 0.15) is 206 Å². The molecule has 290 valence electrons. The highest BCUT2D eigenvalue weighted by Gasteiger charge is 2.17. The third-order valence-electron chi connectivity index (χ3n) is 9.45. The molecule has 0 fully saturated rings. The Hall–Kier alpha value is -1.91. The second-order valence-corrected chi connectivity index (χ2v) is 14.4. The van der Waals surface area contributed by atoms with Gasteiger partial charge < -0.3 is 15.5 Å². The van der Waals surface area contributed by atoms with Crippen molar-refractivity contribution in [1.82, 2.24) is 5.32 Å². The Morgan fingerprint density at radius 3 is 1.30 bits per heavy atom. The van der Waals surface area contributed by atoms with Crippen LogP contribution < -0.4 is 5.32 Å². The van der Waals surface area contributed by atoms with Crippen molar-refractivity contribution in [2.75, 3.05) is 6.61 Å². The normalized spacial score (nSPS) is 13.6. The van der Waals surface area contributed by atoms with E-state index < -0.39 is 12.1 Å². The SMILES string of the molecule is CCCCCC/C=C\C/C=C\CCCCCCCCCC(=O)NC(CO)C(O)/C=C/CC/C=C/CC/C=C/CCCCCCCCCCCC. The molecule has 0 spiro atoms. The van der Waals surface area contributed by atoms with Crippen molar-refractivity contribution in [3.05, 3.63) is 60.8 Å². The van der Waals surface area contributed by atoms with Crippen LogP contribution in [0.4, 0.5) is 0 Å². The van der Waals surface area contributed by atoms with Gasteiger partial charge in [0.25, 0.3) is 0 Å². The third kappa shape index (κ3) is 37.3. The molecular weight excluding hydrogens is 615 g/mol. The van der Waals surface area contributed by atoms with Crippen LogP contribution in [0, 0.1) is 0 Å². The fraction of sp³-hybridized carbons (Fsp3) is 0.761. The molecular formula is C46H83NO3. The summed E-state index contributed by atoms with van der Waals surface area (Å²) in [4.78, 5) is 12.4. The monoisotopic (exact) mass is 698 g/mol. The van der Waals surface area contributed by atoms with Gasteiger partial charge >= 0.3 is 0 Å². The molecule has 0 aromatic rings. The molecule has 2 unspecified atom stereocenters. The maximum absolute atomic E-state index is 12.4. The van der Waals surface area contributed by atoms with E-state index in [1.165, 1.54) is 135 Å². The summed E-state index contributed by atoms with van der Waals surface area (Å²) in [6.07, 6.45) is 57.5. The average molecular weight is 698 g/mol. The zero-order valence-corrected chi connectivity index (χ0v) is 33.2. The zero-order valence-electron chi connectivity index (χ0n) is 33.2. The number of hydrogen-bond acceptors (Lipinski definition) is 3. The van der Waals surface area contributed by atoms with Crippen molar-refractivity contribution in [3.63, 3.8) is 0 Å². The van der Waals surface area contributed by atoms with Gasteiger partial charge in [-0.2, -0.15) is 0 Å². The smallest absolute Gasteiger partial charge is 0.220 e. The number of rotatable bonds is 38.